The summed E-state index contributed by atoms with van der Waals surface area (Å²) in [5, 5.41) is 0. The third-order valence-electron chi connectivity index (χ3n) is 4.21. The first kappa shape index (κ1) is 11.8. The molecule has 88 valence electrons. The molecule has 1 heterocycles. The zero-order chi connectivity index (χ0) is 10.5. The van der Waals surface area contributed by atoms with E-state index in [0.29, 0.717) is 0 Å². The fraction of sp³-hybridized carbons (Fsp3) is 1.00. The number of thiol groups is 1. The van der Waals surface area contributed by atoms with E-state index in [0.717, 1.165) is 17.7 Å². The van der Waals surface area contributed by atoms with E-state index in [2.05, 4.69) is 17.5 Å². The van der Waals surface area contributed by atoms with Crippen molar-refractivity contribution < 1.29 is 0 Å². The molecule has 1 aliphatic carbocycles. The minimum atomic E-state index is 0.951. The fourth-order valence-electron chi connectivity index (χ4n) is 3.43. The number of rotatable bonds is 4. The zero-order valence-corrected chi connectivity index (χ0v) is 10.7. The molecule has 0 amide bonds. The van der Waals surface area contributed by atoms with Crippen LogP contribution in [0.3, 0.4) is 0 Å². The molecule has 1 saturated heterocycles. The van der Waals surface area contributed by atoms with E-state index in [4.69, 9.17) is 0 Å². The monoisotopic (exact) mass is 227 g/mol. The SMILES string of the molecule is SCCCCN1CCC[C@H]2CCCC[C@H]21. The second kappa shape index (κ2) is 6.15. The van der Waals surface area contributed by atoms with Crippen molar-refractivity contribution in [1.82, 2.24) is 4.90 Å². The number of hydrogen-bond acceptors (Lipinski definition) is 2. The van der Waals surface area contributed by atoms with Crippen molar-refractivity contribution in [3.05, 3.63) is 0 Å². The summed E-state index contributed by atoms with van der Waals surface area (Å²) < 4.78 is 0. The maximum Gasteiger partial charge on any atom is 0.0123 e. The third-order valence-corrected chi connectivity index (χ3v) is 4.53. The van der Waals surface area contributed by atoms with Gasteiger partial charge >= 0.3 is 0 Å². The average Bonchev–Trinajstić information content (AvgIpc) is 2.30. The van der Waals surface area contributed by atoms with Gasteiger partial charge in [0.1, 0.15) is 0 Å². The van der Waals surface area contributed by atoms with Gasteiger partial charge in [-0.15, -0.1) is 0 Å². The second-order valence-corrected chi connectivity index (χ2v) is 5.67. The van der Waals surface area contributed by atoms with Gasteiger partial charge in [-0.1, -0.05) is 12.8 Å². The van der Waals surface area contributed by atoms with E-state index in [1.165, 1.54) is 64.5 Å². The number of hydrogen-bond donors (Lipinski definition) is 1. The smallest absolute Gasteiger partial charge is 0.0123 e. The Morgan fingerprint density at radius 1 is 1.00 bits per heavy atom. The molecule has 0 bridgehead atoms. The molecule has 0 N–H and O–H groups in total. The number of fused-ring (bicyclic) bond motifs is 1. The third kappa shape index (κ3) is 3.13. The van der Waals surface area contributed by atoms with Gasteiger partial charge in [-0.2, -0.15) is 12.6 Å². The van der Waals surface area contributed by atoms with Crippen LogP contribution in [0.2, 0.25) is 0 Å². The molecule has 1 aliphatic heterocycles. The summed E-state index contributed by atoms with van der Waals surface area (Å²) in [7, 11) is 0. The molecule has 0 spiro atoms. The van der Waals surface area contributed by atoms with E-state index in [-0.39, 0.29) is 0 Å². The average molecular weight is 227 g/mol. The van der Waals surface area contributed by atoms with Gasteiger partial charge in [0.2, 0.25) is 0 Å². The van der Waals surface area contributed by atoms with Crippen molar-refractivity contribution in [2.75, 3.05) is 18.8 Å². The van der Waals surface area contributed by atoms with Crippen LogP contribution in [-0.2, 0) is 0 Å². The van der Waals surface area contributed by atoms with Crippen LogP contribution in [0.1, 0.15) is 51.4 Å². The van der Waals surface area contributed by atoms with E-state index < -0.39 is 0 Å². The lowest BCUT2D eigenvalue weighted by atomic mass is 9.78. The highest BCUT2D eigenvalue weighted by Crippen LogP contribution is 2.35. The second-order valence-electron chi connectivity index (χ2n) is 5.22. The van der Waals surface area contributed by atoms with E-state index in [1.807, 2.05) is 0 Å². The van der Waals surface area contributed by atoms with Crippen LogP contribution in [0.5, 0.6) is 0 Å². The first-order chi connectivity index (χ1) is 7.42. The minimum Gasteiger partial charge on any atom is -0.300 e. The van der Waals surface area contributed by atoms with E-state index in [1.54, 1.807) is 0 Å². The summed E-state index contributed by atoms with van der Waals surface area (Å²) in [6.45, 7) is 2.70. The van der Waals surface area contributed by atoms with Crippen LogP contribution in [-0.4, -0.2) is 29.8 Å². The molecule has 2 heteroatoms. The lowest BCUT2D eigenvalue weighted by Gasteiger charge is -2.44. The predicted molar refractivity (Wildman–Crippen MR) is 69.6 cm³/mol. The van der Waals surface area contributed by atoms with Crippen LogP contribution in [0, 0.1) is 5.92 Å². The van der Waals surface area contributed by atoms with Gasteiger partial charge in [0.15, 0.2) is 0 Å². The highest BCUT2D eigenvalue weighted by molar-refractivity contribution is 7.80. The van der Waals surface area contributed by atoms with Crippen LogP contribution in [0.15, 0.2) is 0 Å². The number of unbranched alkanes of at least 4 members (excludes halogenated alkanes) is 1. The van der Waals surface area contributed by atoms with Gasteiger partial charge in [0.25, 0.3) is 0 Å². The molecular formula is C13H25NS. The van der Waals surface area contributed by atoms with Gasteiger partial charge in [-0.05, 0) is 63.3 Å². The highest BCUT2D eigenvalue weighted by Gasteiger charge is 2.32. The Kier molecular flexibility index (Phi) is 4.83. The Hall–Kier alpha value is 0.310. The molecule has 2 aliphatic rings. The van der Waals surface area contributed by atoms with Crippen molar-refractivity contribution in [3.8, 4) is 0 Å². The quantitative estimate of drug-likeness (QED) is 0.569. The van der Waals surface area contributed by atoms with Crippen molar-refractivity contribution >= 4 is 12.6 Å². The number of nitrogens with zero attached hydrogens (tertiary/aromatic N) is 1. The predicted octanol–water partition coefficient (Wildman–Crippen LogP) is 3.35. The largest absolute Gasteiger partial charge is 0.300 e. The summed E-state index contributed by atoms with van der Waals surface area (Å²) in [4.78, 5) is 2.79. The summed E-state index contributed by atoms with van der Waals surface area (Å²) in [5.41, 5.74) is 0. The number of likely N-dealkylation sites (tertiary alicyclic amines) is 1. The molecule has 0 aromatic carbocycles. The summed E-state index contributed by atoms with van der Waals surface area (Å²) >= 11 is 4.29. The van der Waals surface area contributed by atoms with Gasteiger partial charge in [0, 0.05) is 6.04 Å². The van der Waals surface area contributed by atoms with Crippen LogP contribution in [0.25, 0.3) is 0 Å². The maximum atomic E-state index is 4.29. The lowest BCUT2D eigenvalue weighted by Crippen LogP contribution is -2.47. The molecule has 15 heavy (non-hydrogen) atoms. The zero-order valence-electron chi connectivity index (χ0n) is 9.83. The standard InChI is InChI=1S/C13H25NS/c15-11-4-3-9-14-10-5-7-12-6-1-2-8-13(12)14/h12-13,15H,1-11H2/t12-,13-/m1/s1. The molecule has 2 fully saturated rings. The Morgan fingerprint density at radius 3 is 2.67 bits per heavy atom. The topological polar surface area (TPSA) is 3.24 Å². The summed E-state index contributed by atoms with van der Waals surface area (Å²) in [5.74, 6) is 2.10. The van der Waals surface area contributed by atoms with Crippen LogP contribution in [0.4, 0.5) is 0 Å². The lowest BCUT2D eigenvalue weighted by molar-refractivity contribution is 0.0600. The molecular weight excluding hydrogens is 202 g/mol. The molecule has 0 unspecified atom stereocenters. The van der Waals surface area contributed by atoms with Crippen LogP contribution >= 0.6 is 12.6 Å². The first-order valence-electron chi connectivity index (χ1n) is 6.76. The first-order valence-corrected chi connectivity index (χ1v) is 7.40. The van der Waals surface area contributed by atoms with E-state index in [9.17, 15) is 0 Å². The van der Waals surface area contributed by atoms with Gasteiger partial charge < -0.3 is 4.90 Å². The van der Waals surface area contributed by atoms with E-state index >= 15 is 0 Å². The summed E-state index contributed by atoms with van der Waals surface area (Å²) in [6.07, 6.45) is 11.6. The Bertz CT molecular complexity index is 181. The maximum absolute atomic E-state index is 4.29. The highest BCUT2D eigenvalue weighted by atomic mass is 32.1. The fourth-order valence-corrected chi connectivity index (χ4v) is 3.66. The molecule has 1 nitrogen and oxygen atoms in total. The van der Waals surface area contributed by atoms with Gasteiger partial charge in [-0.25, -0.2) is 0 Å². The molecule has 1 saturated carbocycles. The van der Waals surface area contributed by atoms with Crippen LogP contribution < -0.4 is 0 Å². The Labute approximate surface area is 100 Å². The molecule has 2 atom stereocenters. The molecule has 0 aromatic heterocycles. The minimum absolute atomic E-state index is 0.951. The summed E-state index contributed by atoms with van der Waals surface area (Å²) in [6, 6.07) is 0.951. The molecule has 0 radical (unpaired) electrons. The Balaban J connectivity index is 1.81. The normalized spacial score (nSPS) is 32.6. The number of piperidine rings is 1. The van der Waals surface area contributed by atoms with Crippen molar-refractivity contribution in [1.29, 1.82) is 0 Å². The Morgan fingerprint density at radius 2 is 1.80 bits per heavy atom. The molecule has 2 rings (SSSR count). The van der Waals surface area contributed by atoms with Crippen molar-refractivity contribution in [2.24, 2.45) is 5.92 Å². The van der Waals surface area contributed by atoms with Crippen molar-refractivity contribution in [2.45, 2.75) is 57.4 Å². The van der Waals surface area contributed by atoms with Gasteiger partial charge in [0.05, 0.1) is 0 Å². The van der Waals surface area contributed by atoms with Gasteiger partial charge in [-0.3, -0.25) is 0 Å². The van der Waals surface area contributed by atoms with Crippen molar-refractivity contribution in [3.63, 3.8) is 0 Å². The molecule has 0 aromatic rings.